The number of H-pyrrole nitrogens is 1. The molecule has 26 heavy (non-hydrogen) atoms. The monoisotopic (exact) mass is 413 g/mol. The van der Waals surface area contributed by atoms with Gasteiger partial charge in [0.2, 0.25) is 5.91 Å². The zero-order valence-corrected chi connectivity index (χ0v) is 16.1. The van der Waals surface area contributed by atoms with Crippen molar-refractivity contribution in [3.63, 3.8) is 0 Å². The molecular weight excluding hydrogens is 398 g/mol. The molecule has 0 spiro atoms. The predicted octanol–water partition coefficient (Wildman–Crippen LogP) is 2.51. The van der Waals surface area contributed by atoms with Crippen molar-refractivity contribution in [1.82, 2.24) is 15.0 Å². The summed E-state index contributed by atoms with van der Waals surface area (Å²) in [6.45, 7) is 2.51. The van der Waals surface area contributed by atoms with Crippen LogP contribution in [-0.4, -0.2) is 33.2 Å². The Labute approximate surface area is 163 Å². The van der Waals surface area contributed by atoms with Crippen LogP contribution in [0.25, 0.3) is 10.2 Å². The Morgan fingerprint density at radius 3 is 2.92 bits per heavy atom. The number of hydrogen-bond acceptors (Lipinski definition) is 8. The van der Waals surface area contributed by atoms with Gasteiger partial charge in [-0.25, -0.2) is 9.97 Å². The summed E-state index contributed by atoms with van der Waals surface area (Å²) in [5.74, 6) is 0.706. The van der Waals surface area contributed by atoms with Gasteiger partial charge in [-0.05, 0) is 25.1 Å². The number of benzene rings is 1. The SMILES string of the molecule is CCOc1ccc2nc(NC(=O)CSc3nc(N)cc(=O)[nH]3)sc2c1.Cl. The third-order valence-electron chi connectivity index (χ3n) is 3.00. The maximum atomic E-state index is 12.1. The number of rotatable bonds is 6. The van der Waals surface area contributed by atoms with Crippen LogP contribution in [0.4, 0.5) is 10.9 Å². The van der Waals surface area contributed by atoms with Gasteiger partial charge in [-0.3, -0.25) is 9.59 Å². The number of fused-ring (bicyclic) bond motifs is 1. The third kappa shape index (κ3) is 5.10. The smallest absolute Gasteiger partial charge is 0.253 e. The summed E-state index contributed by atoms with van der Waals surface area (Å²) in [5.41, 5.74) is 5.94. The molecule has 0 atom stereocenters. The highest BCUT2D eigenvalue weighted by molar-refractivity contribution is 7.99. The van der Waals surface area contributed by atoms with E-state index in [0.29, 0.717) is 16.9 Å². The maximum Gasteiger partial charge on any atom is 0.253 e. The lowest BCUT2D eigenvalue weighted by atomic mass is 10.3. The fraction of sp³-hybridized carbons (Fsp3) is 0.200. The molecule has 3 aromatic rings. The van der Waals surface area contributed by atoms with Crippen molar-refractivity contribution in [2.75, 3.05) is 23.4 Å². The molecule has 2 heterocycles. The number of thiazole rings is 1. The molecule has 0 saturated carbocycles. The molecule has 0 saturated heterocycles. The first-order chi connectivity index (χ1) is 12.0. The number of ether oxygens (including phenoxy) is 1. The number of nitrogens with zero attached hydrogens (tertiary/aromatic N) is 2. The first kappa shape index (κ1) is 20.0. The zero-order valence-electron chi connectivity index (χ0n) is 13.6. The molecule has 3 rings (SSSR count). The van der Waals surface area contributed by atoms with E-state index in [1.54, 1.807) is 0 Å². The zero-order chi connectivity index (χ0) is 17.8. The highest BCUT2D eigenvalue weighted by atomic mass is 35.5. The molecule has 0 unspecified atom stereocenters. The number of nitrogens with one attached hydrogen (secondary N) is 2. The van der Waals surface area contributed by atoms with Crippen LogP contribution in [0, 0.1) is 0 Å². The van der Waals surface area contributed by atoms with Crippen molar-refractivity contribution in [3.8, 4) is 5.75 Å². The molecule has 4 N–H and O–H groups in total. The average molecular weight is 414 g/mol. The molecular formula is C15H16ClN5O3S2. The van der Waals surface area contributed by atoms with E-state index in [1.807, 2.05) is 25.1 Å². The predicted molar refractivity (Wildman–Crippen MR) is 107 cm³/mol. The molecule has 138 valence electrons. The first-order valence-electron chi connectivity index (χ1n) is 7.36. The lowest BCUT2D eigenvalue weighted by Crippen LogP contribution is -2.15. The minimum atomic E-state index is -0.355. The van der Waals surface area contributed by atoms with Gasteiger partial charge in [0.15, 0.2) is 10.3 Å². The highest BCUT2D eigenvalue weighted by Crippen LogP contribution is 2.29. The summed E-state index contributed by atoms with van der Waals surface area (Å²) >= 11 is 2.46. The fourth-order valence-electron chi connectivity index (χ4n) is 2.03. The summed E-state index contributed by atoms with van der Waals surface area (Å²) in [5, 5.41) is 3.54. The number of aromatic nitrogens is 3. The maximum absolute atomic E-state index is 12.1. The van der Waals surface area contributed by atoms with E-state index in [1.165, 1.54) is 17.4 Å². The van der Waals surface area contributed by atoms with Crippen molar-refractivity contribution in [3.05, 3.63) is 34.6 Å². The molecule has 0 bridgehead atoms. The highest BCUT2D eigenvalue weighted by Gasteiger charge is 2.10. The Kier molecular flexibility index (Phi) is 6.83. The molecule has 1 amide bonds. The standard InChI is InChI=1S/C15H15N5O3S2.ClH/c1-2-23-8-3-4-9-10(5-8)25-15(17-9)20-13(22)7-24-14-18-11(16)6-12(21)19-14;/h3-6H,2,7H2,1H3,(H,17,20,22)(H3,16,18,19,21);1H. The molecule has 11 heteroatoms. The van der Waals surface area contributed by atoms with Crippen LogP contribution in [0.1, 0.15) is 6.92 Å². The quantitative estimate of drug-likeness (QED) is 0.419. The number of anilines is 2. The summed E-state index contributed by atoms with van der Waals surface area (Å²) in [7, 11) is 0. The van der Waals surface area contributed by atoms with Crippen LogP contribution in [-0.2, 0) is 4.79 Å². The molecule has 0 aliphatic heterocycles. The number of carbonyl (C=O) groups excluding carboxylic acids is 1. The molecule has 0 aliphatic rings. The van der Waals surface area contributed by atoms with Gasteiger partial charge >= 0.3 is 0 Å². The van der Waals surface area contributed by atoms with E-state index in [2.05, 4.69) is 20.3 Å². The number of nitrogen functional groups attached to an aromatic ring is 1. The van der Waals surface area contributed by atoms with Crippen molar-refractivity contribution >= 4 is 62.6 Å². The van der Waals surface area contributed by atoms with Crippen LogP contribution in [0.3, 0.4) is 0 Å². The van der Waals surface area contributed by atoms with Gasteiger partial charge in [-0.1, -0.05) is 23.1 Å². The number of nitrogens with two attached hydrogens (primary N) is 1. The Hall–Kier alpha value is -2.30. The van der Waals surface area contributed by atoms with E-state index < -0.39 is 0 Å². The molecule has 8 nitrogen and oxygen atoms in total. The first-order valence-corrected chi connectivity index (χ1v) is 9.16. The number of amides is 1. The number of carbonyl (C=O) groups is 1. The van der Waals surface area contributed by atoms with E-state index >= 15 is 0 Å². The largest absolute Gasteiger partial charge is 0.494 e. The summed E-state index contributed by atoms with van der Waals surface area (Å²) in [4.78, 5) is 34.2. The average Bonchev–Trinajstić information content (AvgIpc) is 2.94. The lowest BCUT2D eigenvalue weighted by molar-refractivity contribution is -0.113. The lowest BCUT2D eigenvalue weighted by Gasteiger charge is -2.01. The van der Waals surface area contributed by atoms with Gasteiger partial charge in [0.05, 0.1) is 22.6 Å². The van der Waals surface area contributed by atoms with Crippen molar-refractivity contribution in [2.24, 2.45) is 0 Å². The van der Waals surface area contributed by atoms with Gasteiger partial charge in [0, 0.05) is 6.07 Å². The second-order valence-corrected chi connectivity index (χ2v) is 6.89. The Balaban J connectivity index is 0.00000243. The van der Waals surface area contributed by atoms with Crippen molar-refractivity contribution < 1.29 is 9.53 Å². The van der Waals surface area contributed by atoms with Gasteiger partial charge in [-0.15, -0.1) is 12.4 Å². The topological polar surface area (TPSA) is 123 Å². The van der Waals surface area contributed by atoms with Gasteiger partial charge in [0.1, 0.15) is 11.6 Å². The van der Waals surface area contributed by atoms with Gasteiger partial charge < -0.3 is 20.8 Å². The number of thioether (sulfide) groups is 1. The van der Waals surface area contributed by atoms with Gasteiger partial charge in [-0.2, -0.15) is 0 Å². The fourth-order valence-corrected chi connectivity index (χ4v) is 3.62. The summed E-state index contributed by atoms with van der Waals surface area (Å²) in [6.07, 6.45) is 0. The van der Waals surface area contributed by atoms with Crippen LogP contribution in [0.15, 0.2) is 34.2 Å². The number of hydrogen-bond donors (Lipinski definition) is 3. The molecule has 0 radical (unpaired) electrons. The van der Waals surface area contributed by atoms with Gasteiger partial charge in [0.25, 0.3) is 5.56 Å². The molecule has 0 fully saturated rings. The summed E-state index contributed by atoms with van der Waals surface area (Å²) < 4.78 is 6.38. The van der Waals surface area contributed by atoms with E-state index in [4.69, 9.17) is 10.5 Å². The second kappa shape index (κ2) is 8.88. The summed E-state index contributed by atoms with van der Waals surface area (Å²) in [6, 6.07) is 6.77. The Bertz CT molecular complexity index is 975. The number of halogens is 1. The van der Waals surface area contributed by atoms with Crippen molar-refractivity contribution in [1.29, 1.82) is 0 Å². The number of aromatic amines is 1. The van der Waals surface area contributed by atoms with Crippen LogP contribution in [0.5, 0.6) is 5.75 Å². The minimum absolute atomic E-state index is 0. The normalized spacial score (nSPS) is 10.3. The molecule has 1 aromatic carbocycles. The Morgan fingerprint density at radius 2 is 2.19 bits per heavy atom. The Morgan fingerprint density at radius 1 is 1.38 bits per heavy atom. The van der Waals surface area contributed by atoms with E-state index in [0.717, 1.165) is 27.7 Å². The van der Waals surface area contributed by atoms with E-state index in [-0.39, 0.29) is 35.4 Å². The van der Waals surface area contributed by atoms with Crippen LogP contribution in [0.2, 0.25) is 0 Å². The van der Waals surface area contributed by atoms with Crippen molar-refractivity contribution in [2.45, 2.75) is 12.1 Å². The van der Waals surface area contributed by atoms with E-state index in [9.17, 15) is 9.59 Å². The minimum Gasteiger partial charge on any atom is -0.494 e. The molecule has 0 aliphatic carbocycles. The van der Waals surface area contributed by atoms with Crippen LogP contribution >= 0.6 is 35.5 Å². The second-order valence-electron chi connectivity index (χ2n) is 4.89. The third-order valence-corrected chi connectivity index (χ3v) is 4.80. The molecule has 2 aromatic heterocycles. The van der Waals surface area contributed by atoms with Crippen LogP contribution < -0.4 is 21.3 Å².